The van der Waals surface area contributed by atoms with Gasteiger partial charge in [0.25, 0.3) is 0 Å². The SMILES string of the molecule is CCCCCCCCCCC[N+](C)(CCCCCl)CCCCCCCCCCC.[Br-]. The maximum atomic E-state index is 5.94. The van der Waals surface area contributed by atoms with Crippen LogP contribution < -0.4 is 17.0 Å². The maximum Gasteiger partial charge on any atom is 0.0784 e. The van der Waals surface area contributed by atoms with Gasteiger partial charge in [0.2, 0.25) is 0 Å². The van der Waals surface area contributed by atoms with Crippen molar-refractivity contribution in [2.45, 2.75) is 142 Å². The topological polar surface area (TPSA) is 0 Å². The smallest absolute Gasteiger partial charge is 0.0784 e. The molecule has 0 radical (unpaired) electrons. The van der Waals surface area contributed by atoms with E-state index in [0.717, 1.165) is 5.88 Å². The van der Waals surface area contributed by atoms with Crippen LogP contribution in [0.2, 0.25) is 0 Å². The Kier molecular flexibility index (Phi) is 28.5. The zero-order valence-electron chi connectivity index (χ0n) is 21.2. The van der Waals surface area contributed by atoms with Gasteiger partial charge in [0.05, 0.1) is 26.7 Å². The molecule has 0 rings (SSSR count). The summed E-state index contributed by atoms with van der Waals surface area (Å²) in [5.41, 5.74) is 0. The highest BCUT2D eigenvalue weighted by molar-refractivity contribution is 6.17. The van der Waals surface area contributed by atoms with Crippen molar-refractivity contribution in [1.29, 1.82) is 0 Å². The van der Waals surface area contributed by atoms with E-state index in [4.69, 9.17) is 11.6 Å². The highest BCUT2D eigenvalue weighted by atomic mass is 79.9. The lowest BCUT2D eigenvalue weighted by Gasteiger charge is -2.35. The molecule has 0 N–H and O–H groups in total. The van der Waals surface area contributed by atoms with E-state index in [0.29, 0.717) is 0 Å². The van der Waals surface area contributed by atoms with Crippen molar-refractivity contribution < 1.29 is 21.5 Å². The van der Waals surface area contributed by atoms with Gasteiger partial charge in [-0.2, -0.15) is 0 Å². The number of rotatable bonds is 24. The summed E-state index contributed by atoms with van der Waals surface area (Å²) in [7, 11) is 2.52. The van der Waals surface area contributed by atoms with E-state index in [2.05, 4.69) is 20.9 Å². The largest absolute Gasteiger partial charge is 1.00 e. The van der Waals surface area contributed by atoms with Crippen molar-refractivity contribution in [1.82, 2.24) is 0 Å². The van der Waals surface area contributed by atoms with Gasteiger partial charge in [0, 0.05) is 5.88 Å². The average Bonchev–Trinajstić information content (AvgIpc) is 2.72. The number of quaternary nitrogens is 1. The summed E-state index contributed by atoms with van der Waals surface area (Å²) in [6.07, 6.45) is 28.3. The van der Waals surface area contributed by atoms with Crippen LogP contribution in [0.25, 0.3) is 0 Å². The predicted molar refractivity (Wildman–Crippen MR) is 135 cm³/mol. The van der Waals surface area contributed by atoms with Crippen LogP contribution in [0.3, 0.4) is 0 Å². The molecule has 3 heteroatoms. The van der Waals surface area contributed by atoms with Crippen LogP contribution >= 0.6 is 11.6 Å². The van der Waals surface area contributed by atoms with Gasteiger partial charge in [0.15, 0.2) is 0 Å². The molecule has 0 fully saturated rings. The van der Waals surface area contributed by atoms with Crippen LogP contribution in [0.15, 0.2) is 0 Å². The third-order valence-electron chi connectivity index (χ3n) is 6.68. The second-order valence-corrected chi connectivity index (χ2v) is 10.2. The molecule has 0 spiro atoms. The zero-order valence-corrected chi connectivity index (χ0v) is 23.5. The fourth-order valence-electron chi connectivity index (χ4n) is 4.53. The van der Waals surface area contributed by atoms with Gasteiger partial charge in [-0.25, -0.2) is 0 Å². The summed E-state index contributed by atoms with van der Waals surface area (Å²) in [4.78, 5) is 0. The second kappa shape index (κ2) is 26.0. The fourth-order valence-corrected chi connectivity index (χ4v) is 4.72. The molecule has 0 atom stereocenters. The normalized spacial score (nSPS) is 11.6. The summed E-state index contributed by atoms with van der Waals surface area (Å²) in [6.45, 7) is 8.71. The molecule has 184 valence electrons. The van der Waals surface area contributed by atoms with Crippen LogP contribution in [-0.4, -0.2) is 37.0 Å². The van der Waals surface area contributed by atoms with E-state index in [1.165, 1.54) is 153 Å². The minimum atomic E-state index is 0. The molecule has 30 heavy (non-hydrogen) atoms. The van der Waals surface area contributed by atoms with Crippen LogP contribution in [0.4, 0.5) is 0 Å². The highest BCUT2D eigenvalue weighted by Crippen LogP contribution is 2.16. The third kappa shape index (κ3) is 23.4. The molecule has 0 unspecified atom stereocenters. The summed E-state index contributed by atoms with van der Waals surface area (Å²) in [5, 5.41) is 0. The van der Waals surface area contributed by atoms with Gasteiger partial charge >= 0.3 is 0 Å². The number of hydrogen-bond donors (Lipinski definition) is 0. The Hall–Kier alpha value is 0.730. The van der Waals surface area contributed by atoms with Gasteiger partial charge in [0.1, 0.15) is 0 Å². The summed E-state index contributed by atoms with van der Waals surface area (Å²) >= 11 is 5.94. The molecule has 0 aromatic heterocycles. The monoisotopic (exact) mass is 509 g/mol. The molecule has 0 aromatic carbocycles. The van der Waals surface area contributed by atoms with Crippen molar-refractivity contribution >= 4 is 11.6 Å². The van der Waals surface area contributed by atoms with Gasteiger partial charge in [-0.3, -0.25) is 0 Å². The summed E-state index contributed by atoms with van der Waals surface area (Å²) in [5.74, 6) is 0.829. The third-order valence-corrected chi connectivity index (χ3v) is 6.95. The van der Waals surface area contributed by atoms with Gasteiger partial charge in [-0.1, -0.05) is 104 Å². The second-order valence-electron chi connectivity index (χ2n) is 9.84. The lowest BCUT2D eigenvalue weighted by atomic mass is 10.1. The first kappa shape index (κ1) is 32.9. The van der Waals surface area contributed by atoms with Crippen molar-refractivity contribution in [3.05, 3.63) is 0 Å². The molecule has 0 aliphatic carbocycles. The number of nitrogens with zero attached hydrogens (tertiary/aromatic N) is 1. The fraction of sp³-hybridized carbons (Fsp3) is 1.00. The first-order valence-corrected chi connectivity index (χ1v) is 14.1. The number of unbranched alkanes of at least 4 members (excludes halogenated alkanes) is 17. The van der Waals surface area contributed by atoms with Crippen molar-refractivity contribution in [2.24, 2.45) is 0 Å². The van der Waals surface area contributed by atoms with E-state index in [-0.39, 0.29) is 17.0 Å². The van der Waals surface area contributed by atoms with E-state index in [1.807, 2.05) is 0 Å². The molecular weight excluding hydrogens is 454 g/mol. The van der Waals surface area contributed by atoms with Crippen molar-refractivity contribution in [3.63, 3.8) is 0 Å². The van der Waals surface area contributed by atoms with Crippen LogP contribution in [0, 0.1) is 0 Å². The van der Waals surface area contributed by atoms with Crippen LogP contribution in [0.1, 0.15) is 142 Å². The molecule has 0 aliphatic rings. The first-order chi connectivity index (χ1) is 14.2. The Labute approximate surface area is 207 Å². The maximum absolute atomic E-state index is 5.94. The minimum Gasteiger partial charge on any atom is -1.00 e. The highest BCUT2D eigenvalue weighted by Gasteiger charge is 2.20. The Morgan fingerprint density at radius 3 is 1.00 bits per heavy atom. The Morgan fingerprint density at radius 1 is 0.433 bits per heavy atom. The molecule has 0 aliphatic heterocycles. The van der Waals surface area contributed by atoms with Crippen molar-refractivity contribution in [2.75, 3.05) is 32.6 Å². The zero-order chi connectivity index (χ0) is 21.5. The molecule has 0 saturated heterocycles. The lowest BCUT2D eigenvalue weighted by Crippen LogP contribution is -3.00. The van der Waals surface area contributed by atoms with Crippen LogP contribution in [-0.2, 0) is 0 Å². The molecule has 0 heterocycles. The summed E-state index contributed by atoms with van der Waals surface area (Å²) < 4.78 is 1.30. The van der Waals surface area contributed by atoms with E-state index in [1.54, 1.807) is 0 Å². The van der Waals surface area contributed by atoms with Crippen LogP contribution in [0.5, 0.6) is 0 Å². The predicted octanol–water partition coefficient (Wildman–Crippen LogP) is 6.52. The number of halogens is 2. The van der Waals surface area contributed by atoms with Gasteiger partial charge in [-0.15, -0.1) is 11.6 Å². The molecule has 0 saturated carbocycles. The molecule has 0 amide bonds. The number of hydrogen-bond acceptors (Lipinski definition) is 0. The van der Waals surface area contributed by atoms with Gasteiger partial charge < -0.3 is 21.5 Å². The summed E-state index contributed by atoms with van der Waals surface area (Å²) in [6, 6.07) is 0. The first-order valence-electron chi connectivity index (χ1n) is 13.6. The van der Waals surface area contributed by atoms with Gasteiger partial charge in [-0.05, 0) is 38.5 Å². The van der Waals surface area contributed by atoms with E-state index < -0.39 is 0 Å². The molecule has 0 aromatic rings. The number of alkyl halides is 1. The Bertz CT molecular complexity index is 289. The minimum absolute atomic E-state index is 0. The van der Waals surface area contributed by atoms with Crippen molar-refractivity contribution in [3.8, 4) is 0 Å². The Balaban J connectivity index is 0. The molecular formula is C27H57BrClN. The standard InChI is InChI=1S/C27H57ClN.BrH/c1-4-6-8-10-12-14-16-18-21-25-29(3,27-23-20-24-28)26-22-19-17-15-13-11-9-7-5-2;/h4-27H2,1-3H3;1H/q+1;/p-1. The quantitative estimate of drug-likeness (QED) is 0.0787. The molecule has 1 nitrogen and oxygen atoms in total. The average molecular weight is 511 g/mol. The van der Waals surface area contributed by atoms with E-state index >= 15 is 0 Å². The van der Waals surface area contributed by atoms with E-state index in [9.17, 15) is 0 Å². The molecule has 0 bridgehead atoms. The Morgan fingerprint density at radius 2 is 0.700 bits per heavy atom. The lowest BCUT2D eigenvalue weighted by molar-refractivity contribution is -0.910.